The van der Waals surface area contributed by atoms with E-state index >= 15 is 0 Å². The molecule has 0 unspecified atom stereocenters. The van der Waals surface area contributed by atoms with E-state index in [9.17, 15) is 4.79 Å². The maximum Gasteiger partial charge on any atom is 0.255 e. The molecule has 1 N–H and O–H groups in total. The molecule has 0 aromatic carbocycles. The first-order valence-electron chi connectivity index (χ1n) is 5.23. The second-order valence-electron chi connectivity index (χ2n) is 4.72. The summed E-state index contributed by atoms with van der Waals surface area (Å²) in [5.41, 5.74) is 0.674. The molecule has 2 atom stereocenters. The number of amides is 1. The van der Waals surface area contributed by atoms with Gasteiger partial charge < -0.3 is 14.6 Å². The van der Waals surface area contributed by atoms with Gasteiger partial charge in [0.2, 0.25) is 0 Å². The first-order valence-corrected chi connectivity index (χ1v) is 5.23. The smallest absolute Gasteiger partial charge is 0.255 e. The Morgan fingerprint density at radius 2 is 2.60 bits per heavy atom. The van der Waals surface area contributed by atoms with Gasteiger partial charge in [0.1, 0.15) is 6.26 Å². The van der Waals surface area contributed by atoms with E-state index < -0.39 is 0 Å². The van der Waals surface area contributed by atoms with Gasteiger partial charge in [-0.25, -0.2) is 0 Å². The fourth-order valence-corrected chi connectivity index (χ4v) is 2.62. The molecule has 0 bridgehead atoms. The van der Waals surface area contributed by atoms with E-state index in [1.165, 1.54) is 12.5 Å². The van der Waals surface area contributed by atoms with E-state index in [0.717, 1.165) is 19.5 Å². The van der Waals surface area contributed by atoms with Gasteiger partial charge in [-0.2, -0.15) is 0 Å². The number of likely N-dealkylation sites (tertiary alicyclic amines) is 1. The molecular weight excluding hydrogens is 192 g/mol. The molecule has 1 amide bonds. The molecule has 1 aromatic rings. The molecule has 2 heterocycles. The van der Waals surface area contributed by atoms with Crippen molar-refractivity contribution in [2.75, 3.05) is 20.1 Å². The lowest BCUT2D eigenvalue weighted by molar-refractivity contribution is 0.0928. The van der Waals surface area contributed by atoms with Crippen LogP contribution in [-0.2, 0) is 0 Å². The first kappa shape index (κ1) is 8.97. The molecule has 80 valence electrons. The van der Waals surface area contributed by atoms with E-state index in [1.807, 2.05) is 0 Å². The minimum atomic E-state index is -0.0125. The van der Waals surface area contributed by atoms with E-state index in [0.29, 0.717) is 11.5 Å². The zero-order valence-electron chi connectivity index (χ0n) is 8.69. The molecule has 1 aliphatic heterocycles. The monoisotopic (exact) mass is 206 g/mol. The van der Waals surface area contributed by atoms with E-state index in [2.05, 4.69) is 17.3 Å². The van der Waals surface area contributed by atoms with Crippen LogP contribution in [0.15, 0.2) is 23.0 Å². The van der Waals surface area contributed by atoms with Gasteiger partial charge in [-0.3, -0.25) is 4.79 Å². The summed E-state index contributed by atoms with van der Waals surface area (Å²) < 4.78 is 4.90. The molecule has 1 saturated carbocycles. The quantitative estimate of drug-likeness (QED) is 0.775. The van der Waals surface area contributed by atoms with Gasteiger partial charge in [0.05, 0.1) is 17.4 Å². The highest BCUT2D eigenvalue weighted by atomic mass is 16.3. The van der Waals surface area contributed by atoms with Crippen LogP contribution in [0.3, 0.4) is 0 Å². The van der Waals surface area contributed by atoms with Crippen molar-refractivity contribution in [3.05, 3.63) is 24.2 Å². The SMILES string of the molecule is CN1C[C@@H]2C[C@]2(NC(=O)c2ccoc2)C1. The summed E-state index contributed by atoms with van der Waals surface area (Å²) in [6.07, 6.45) is 4.14. The number of nitrogens with one attached hydrogen (secondary N) is 1. The molecule has 2 fully saturated rings. The van der Waals surface area contributed by atoms with E-state index in [1.54, 1.807) is 6.07 Å². The minimum Gasteiger partial charge on any atom is -0.472 e. The number of nitrogens with zero attached hydrogens (tertiary/aromatic N) is 1. The summed E-state index contributed by atoms with van der Waals surface area (Å²) in [6, 6.07) is 1.70. The van der Waals surface area contributed by atoms with Crippen molar-refractivity contribution < 1.29 is 9.21 Å². The largest absolute Gasteiger partial charge is 0.472 e. The Kier molecular flexibility index (Phi) is 1.71. The number of hydrogen-bond donors (Lipinski definition) is 1. The molecule has 0 radical (unpaired) electrons. The van der Waals surface area contributed by atoms with Crippen molar-refractivity contribution in [3.8, 4) is 0 Å². The summed E-state index contributed by atoms with van der Waals surface area (Å²) in [4.78, 5) is 14.1. The molecule has 0 spiro atoms. The summed E-state index contributed by atoms with van der Waals surface area (Å²) >= 11 is 0. The van der Waals surface area contributed by atoms with Gasteiger partial charge in [-0.1, -0.05) is 0 Å². The Bertz CT molecular complexity index is 387. The fourth-order valence-electron chi connectivity index (χ4n) is 2.62. The van der Waals surface area contributed by atoms with Crippen molar-refractivity contribution in [1.82, 2.24) is 10.2 Å². The van der Waals surface area contributed by atoms with Crippen LogP contribution < -0.4 is 5.32 Å². The van der Waals surface area contributed by atoms with Gasteiger partial charge >= 0.3 is 0 Å². The second-order valence-corrected chi connectivity index (χ2v) is 4.72. The van der Waals surface area contributed by atoms with Crippen LogP contribution in [0, 0.1) is 5.92 Å². The van der Waals surface area contributed by atoms with Crippen LogP contribution in [0.5, 0.6) is 0 Å². The Hall–Kier alpha value is -1.29. The second kappa shape index (κ2) is 2.85. The zero-order chi connectivity index (χ0) is 10.5. The van der Waals surface area contributed by atoms with Crippen molar-refractivity contribution in [3.63, 3.8) is 0 Å². The summed E-state index contributed by atoms with van der Waals surface area (Å²) in [6.45, 7) is 2.08. The van der Waals surface area contributed by atoms with Crippen molar-refractivity contribution in [2.45, 2.75) is 12.0 Å². The van der Waals surface area contributed by atoms with Gasteiger partial charge in [-0.05, 0) is 25.5 Å². The van der Waals surface area contributed by atoms with Gasteiger partial charge in [0.25, 0.3) is 5.91 Å². The van der Waals surface area contributed by atoms with Crippen molar-refractivity contribution in [1.29, 1.82) is 0 Å². The average molecular weight is 206 g/mol. The Morgan fingerprint density at radius 1 is 1.73 bits per heavy atom. The van der Waals surface area contributed by atoms with Gasteiger partial charge in [0, 0.05) is 13.1 Å². The normalized spacial score (nSPS) is 33.8. The van der Waals surface area contributed by atoms with Crippen molar-refractivity contribution in [2.24, 2.45) is 5.92 Å². The summed E-state index contributed by atoms with van der Waals surface area (Å²) in [5, 5.41) is 3.12. The van der Waals surface area contributed by atoms with Crippen molar-refractivity contribution >= 4 is 5.91 Å². The van der Waals surface area contributed by atoms with E-state index in [4.69, 9.17) is 4.42 Å². The third-order valence-corrected chi connectivity index (χ3v) is 3.46. The summed E-state index contributed by atoms with van der Waals surface area (Å²) in [7, 11) is 2.10. The van der Waals surface area contributed by atoms with Gasteiger partial charge in [0.15, 0.2) is 0 Å². The highest BCUT2D eigenvalue weighted by molar-refractivity contribution is 5.94. The first-order chi connectivity index (χ1) is 7.20. The van der Waals surface area contributed by atoms with Crippen LogP contribution in [0.4, 0.5) is 0 Å². The van der Waals surface area contributed by atoms with Crippen LogP contribution in [-0.4, -0.2) is 36.5 Å². The van der Waals surface area contributed by atoms with Crippen LogP contribution in [0.2, 0.25) is 0 Å². The molecule has 1 saturated heterocycles. The third-order valence-electron chi connectivity index (χ3n) is 3.46. The topological polar surface area (TPSA) is 45.5 Å². The molecule has 4 nitrogen and oxygen atoms in total. The van der Waals surface area contributed by atoms with Crippen LogP contribution in [0.25, 0.3) is 0 Å². The lowest BCUT2D eigenvalue weighted by Gasteiger charge is -2.17. The number of fused-ring (bicyclic) bond motifs is 1. The predicted octanol–water partition coefficient (Wildman–Crippen LogP) is 0.713. The maximum absolute atomic E-state index is 11.8. The molecule has 2 aliphatic rings. The molecule has 3 rings (SSSR count). The number of piperidine rings is 1. The predicted molar refractivity (Wildman–Crippen MR) is 54.5 cm³/mol. The third kappa shape index (κ3) is 1.36. The number of hydrogen-bond acceptors (Lipinski definition) is 3. The number of likely N-dealkylation sites (N-methyl/N-ethyl adjacent to an activating group) is 1. The Balaban J connectivity index is 1.70. The number of carbonyl (C=O) groups excluding carboxylic acids is 1. The number of rotatable bonds is 2. The van der Waals surface area contributed by atoms with Crippen LogP contribution in [0.1, 0.15) is 16.8 Å². The average Bonchev–Trinajstić information content (AvgIpc) is 2.64. The van der Waals surface area contributed by atoms with Crippen LogP contribution >= 0.6 is 0 Å². The number of carbonyl (C=O) groups is 1. The lowest BCUT2D eigenvalue weighted by atomic mass is 10.2. The minimum absolute atomic E-state index is 0.0125. The van der Waals surface area contributed by atoms with Gasteiger partial charge in [-0.15, -0.1) is 0 Å². The molecule has 4 heteroatoms. The molecular formula is C11H14N2O2. The highest BCUT2D eigenvalue weighted by Gasteiger charge is 2.60. The molecule has 1 aliphatic carbocycles. The molecule has 1 aromatic heterocycles. The lowest BCUT2D eigenvalue weighted by Crippen LogP contribution is -2.41. The van der Waals surface area contributed by atoms with E-state index in [-0.39, 0.29) is 11.4 Å². The fraction of sp³-hybridized carbons (Fsp3) is 0.545. The highest BCUT2D eigenvalue weighted by Crippen LogP contribution is 2.48. The standard InChI is InChI=1S/C11H14N2O2/c1-13-5-9-4-11(9,7-13)12-10(14)8-2-3-15-6-8/h2-3,6,9H,4-5,7H2,1H3,(H,12,14)/t9-,11-/m0/s1. The summed E-state index contributed by atoms with van der Waals surface area (Å²) in [5.74, 6) is 0.639. The Morgan fingerprint density at radius 3 is 3.20 bits per heavy atom. The Labute approximate surface area is 88.2 Å². The maximum atomic E-state index is 11.8. The number of furan rings is 1. The molecule has 15 heavy (non-hydrogen) atoms. The zero-order valence-corrected chi connectivity index (χ0v) is 8.69.